The number of amides is 1. The molecular weight excluding hydrogens is 260 g/mol. The molecule has 2 rings (SSSR count). The highest BCUT2D eigenvalue weighted by molar-refractivity contribution is 5.86. The summed E-state index contributed by atoms with van der Waals surface area (Å²) in [6.45, 7) is 2.30. The predicted octanol–water partition coefficient (Wildman–Crippen LogP) is 2.57. The average molecular weight is 279 g/mol. The SMILES string of the molecule is C[C@@H](N)C(=O)N(C)Cc1cccc2ccccc12.Cl. The van der Waals surface area contributed by atoms with E-state index in [0.29, 0.717) is 6.54 Å². The van der Waals surface area contributed by atoms with Gasteiger partial charge in [-0.05, 0) is 23.3 Å². The van der Waals surface area contributed by atoms with Crippen LogP contribution in [-0.2, 0) is 11.3 Å². The molecule has 0 aliphatic rings. The van der Waals surface area contributed by atoms with Crippen molar-refractivity contribution in [2.24, 2.45) is 5.73 Å². The Kier molecular flexibility index (Phi) is 5.33. The summed E-state index contributed by atoms with van der Waals surface area (Å²) in [5, 5.41) is 2.38. The minimum absolute atomic E-state index is 0. The summed E-state index contributed by atoms with van der Waals surface area (Å²) in [5.74, 6) is -0.0389. The third-order valence-corrected chi connectivity index (χ3v) is 3.05. The maximum Gasteiger partial charge on any atom is 0.239 e. The minimum Gasteiger partial charge on any atom is -0.340 e. The van der Waals surface area contributed by atoms with Crippen LogP contribution in [-0.4, -0.2) is 23.9 Å². The largest absolute Gasteiger partial charge is 0.340 e. The molecule has 1 atom stereocenters. The van der Waals surface area contributed by atoms with E-state index in [9.17, 15) is 4.79 Å². The van der Waals surface area contributed by atoms with Gasteiger partial charge in [-0.15, -0.1) is 12.4 Å². The van der Waals surface area contributed by atoms with Crippen LogP contribution < -0.4 is 5.73 Å². The first-order valence-corrected chi connectivity index (χ1v) is 6.07. The van der Waals surface area contributed by atoms with Gasteiger partial charge in [-0.1, -0.05) is 42.5 Å². The van der Waals surface area contributed by atoms with Crippen molar-refractivity contribution >= 4 is 29.1 Å². The van der Waals surface area contributed by atoms with Crippen molar-refractivity contribution in [3.63, 3.8) is 0 Å². The third-order valence-electron chi connectivity index (χ3n) is 3.05. The number of nitrogens with two attached hydrogens (primary N) is 1. The second-order valence-electron chi connectivity index (χ2n) is 4.62. The number of fused-ring (bicyclic) bond motifs is 1. The van der Waals surface area contributed by atoms with Crippen LogP contribution in [0.3, 0.4) is 0 Å². The molecule has 19 heavy (non-hydrogen) atoms. The molecule has 3 nitrogen and oxygen atoms in total. The van der Waals surface area contributed by atoms with Crippen molar-refractivity contribution in [2.45, 2.75) is 19.5 Å². The van der Waals surface area contributed by atoms with Crippen LogP contribution in [0, 0.1) is 0 Å². The number of benzene rings is 2. The predicted molar refractivity (Wildman–Crippen MR) is 81.3 cm³/mol. The molecule has 0 bridgehead atoms. The summed E-state index contributed by atoms with van der Waals surface area (Å²) >= 11 is 0. The van der Waals surface area contributed by atoms with E-state index in [1.54, 1.807) is 18.9 Å². The normalized spacial score (nSPS) is 11.7. The zero-order valence-electron chi connectivity index (χ0n) is 11.2. The lowest BCUT2D eigenvalue weighted by atomic mass is 10.0. The van der Waals surface area contributed by atoms with Gasteiger partial charge in [0, 0.05) is 13.6 Å². The molecule has 4 heteroatoms. The van der Waals surface area contributed by atoms with Gasteiger partial charge in [0.15, 0.2) is 0 Å². The highest BCUT2D eigenvalue weighted by atomic mass is 35.5. The molecule has 0 aliphatic heterocycles. The summed E-state index contributed by atoms with van der Waals surface area (Å²) in [6, 6.07) is 13.9. The third kappa shape index (κ3) is 3.46. The summed E-state index contributed by atoms with van der Waals surface area (Å²) in [4.78, 5) is 13.5. The van der Waals surface area contributed by atoms with Gasteiger partial charge in [-0.25, -0.2) is 0 Å². The first-order valence-electron chi connectivity index (χ1n) is 6.07. The van der Waals surface area contributed by atoms with Gasteiger partial charge in [-0.2, -0.15) is 0 Å². The zero-order chi connectivity index (χ0) is 13.1. The second-order valence-corrected chi connectivity index (χ2v) is 4.62. The Labute approximate surface area is 119 Å². The topological polar surface area (TPSA) is 46.3 Å². The fraction of sp³-hybridized carbons (Fsp3) is 0.267. The van der Waals surface area contributed by atoms with E-state index in [-0.39, 0.29) is 18.3 Å². The molecule has 0 fully saturated rings. The first-order chi connectivity index (χ1) is 8.59. The number of likely N-dealkylation sites (N-methyl/N-ethyl adjacent to an activating group) is 1. The lowest BCUT2D eigenvalue weighted by Gasteiger charge is -2.20. The standard InChI is InChI=1S/C15H18N2O.ClH/c1-11(16)15(18)17(2)10-13-8-5-7-12-6-3-4-9-14(12)13;/h3-9,11H,10,16H2,1-2H3;1H/t11-;/m1./s1. The molecule has 1 amide bonds. The Hall–Kier alpha value is -1.58. The molecule has 2 N–H and O–H groups in total. The molecule has 0 aliphatic carbocycles. The molecule has 0 aromatic heterocycles. The van der Waals surface area contributed by atoms with E-state index in [4.69, 9.17) is 5.73 Å². The Morgan fingerprint density at radius 3 is 2.53 bits per heavy atom. The Morgan fingerprint density at radius 2 is 1.84 bits per heavy atom. The number of hydrogen-bond donors (Lipinski definition) is 1. The summed E-state index contributed by atoms with van der Waals surface area (Å²) in [5.41, 5.74) is 6.76. The Bertz CT molecular complexity index is 564. The van der Waals surface area contributed by atoms with Crippen molar-refractivity contribution in [1.82, 2.24) is 4.90 Å². The van der Waals surface area contributed by atoms with Crippen LogP contribution in [0.4, 0.5) is 0 Å². The van der Waals surface area contributed by atoms with Crippen molar-refractivity contribution in [3.8, 4) is 0 Å². The smallest absolute Gasteiger partial charge is 0.239 e. The quantitative estimate of drug-likeness (QED) is 0.938. The van der Waals surface area contributed by atoms with Crippen LogP contribution in [0.15, 0.2) is 42.5 Å². The summed E-state index contributed by atoms with van der Waals surface area (Å²) in [7, 11) is 1.79. The molecular formula is C15H19ClN2O. The van der Waals surface area contributed by atoms with E-state index in [1.807, 2.05) is 24.3 Å². The monoisotopic (exact) mass is 278 g/mol. The lowest BCUT2D eigenvalue weighted by molar-refractivity contribution is -0.131. The molecule has 0 spiro atoms. The van der Waals surface area contributed by atoms with Crippen molar-refractivity contribution < 1.29 is 4.79 Å². The number of carbonyl (C=O) groups excluding carboxylic acids is 1. The number of carbonyl (C=O) groups is 1. The maximum atomic E-state index is 11.8. The van der Waals surface area contributed by atoms with Gasteiger partial charge < -0.3 is 10.6 Å². The van der Waals surface area contributed by atoms with Crippen molar-refractivity contribution in [2.75, 3.05) is 7.05 Å². The van der Waals surface area contributed by atoms with Gasteiger partial charge in [0.2, 0.25) is 5.91 Å². The van der Waals surface area contributed by atoms with Crippen LogP contribution in [0.2, 0.25) is 0 Å². The van der Waals surface area contributed by atoms with E-state index in [0.717, 1.165) is 5.56 Å². The second kappa shape index (κ2) is 6.55. The molecule has 0 saturated heterocycles. The Balaban J connectivity index is 0.00000180. The molecule has 0 heterocycles. The Morgan fingerprint density at radius 1 is 1.21 bits per heavy atom. The molecule has 2 aromatic rings. The lowest BCUT2D eigenvalue weighted by Crippen LogP contribution is -2.39. The first kappa shape index (κ1) is 15.5. The number of hydrogen-bond acceptors (Lipinski definition) is 2. The zero-order valence-corrected chi connectivity index (χ0v) is 12.0. The van der Waals surface area contributed by atoms with Crippen LogP contribution in [0.1, 0.15) is 12.5 Å². The van der Waals surface area contributed by atoms with E-state index in [2.05, 4.69) is 18.2 Å². The van der Waals surface area contributed by atoms with Gasteiger partial charge in [0.25, 0.3) is 0 Å². The van der Waals surface area contributed by atoms with Crippen LogP contribution >= 0.6 is 12.4 Å². The molecule has 0 saturated carbocycles. The van der Waals surface area contributed by atoms with Crippen LogP contribution in [0.25, 0.3) is 10.8 Å². The fourth-order valence-electron chi connectivity index (χ4n) is 2.11. The van der Waals surface area contributed by atoms with E-state index < -0.39 is 6.04 Å². The van der Waals surface area contributed by atoms with E-state index in [1.165, 1.54) is 10.8 Å². The molecule has 0 radical (unpaired) electrons. The fourth-order valence-corrected chi connectivity index (χ4v) is 2.11. The molecule has 102 valence electrons. The highest BCUT2D eigenvalue weighted by Crippen LogP contribution is 2.19. The molecule has 0 unspecified atom stereocenters. The summed E-state index contributed by atoms with van der Waals surface area (Å²) in [6.07, 6.45) is 0. The van der Waals surface area contributed by atoms with Gasteiger partial charge in [0.1, 0.15) is 0 Å². The summed E-state index contributed by atoms with van der Waals surface area (Å²) < 4.78 is 0. The van der Waals surface area contributed by atoms with Crippen LogP contribution in [0.5, 0.6) is 0 Å². The highest BCUT2D eigenvalue weighted by Gasteiger charge is 2.14. The van der Waals surface area contributed by atoms with Gasteiger partial charge in [-0.3, -0.25) is 4.79 Å². The minimum atomic E-state index is -0.454. The van der Waals surface area contributed by atoms with Gasteiger partial charge >= 0.3 is 0 Å². The maximum absolute atomic E-state index is 11.8. The van der Waals surface area contributed by atoms with Crippen molar-refractivity contribution in [3.05, 3.63) is 48.0 Å². The van der Waals surface area contributed by atoms with E-state index >= 15 is 0 Å². The average Bonchev–Trinajstić information content (AvgIpc) is 2.38. The number of nitrogens with zero attached hydrogens (tertiary/aromatic N) is 1. The molecule has 2 aromatic carbocycles. The number of rotatable bonds is 3. The van der Waals surface area contributed by atoms with Crippen molar-refractivity contribution in [1.29, 1.82) is 0 Å². The number of halogens is 1. The van der Waals surface area contributed by atoms with Gasteiger partial charge in [0.05, 0.1) is 6.04 Å².